The van der Waals surface area contributed by atoms with Crippen LogP contribution in [0.1, 0.15) is 34.1 Å². The molecular weight excluding hydrogens is 286 g/mol. The third-order valence-electron chi connectivity index (χ3n) is 3.61. The van der Waals surface area contributed by atoms with Crippen LogP contribution < -0.4 is 10.6 Å². The molecule has 4 nitrogen and oxygen atoms in total. The first-order valence-electron chi connectivity index (χ1n) is 6.95. The van der Waals surface area contributed by atoms with Crippen molar-refractivity contribution in [3.05, 3.63) is 57.9 Å². The standard InChI is InChI=1S/C16H16ClN3O/c1-2-15-14(6-12(17)9-19-15)16(21)20-13-4-3-10-7-18-8-11(10)5-13/h3-6,9,18H,2,7-8H2,1H3,(H,20,21). The normalized spacial score (nSPS) is 13.0. The fourth-order valence-corrected chi connectivity index (χ4v) is 2.67. The third-order valence-corrected chi connectivity index (χ3v) is 3.82. The molecule has 0 unspecified atom stereocenters. The van der Waals surface area contributed by atoms with Gasteiger partial charge in [-0.1, -0.05) is 24.6 Å². The van der Waals surface area contributed by atoms with Gasteiger partial charge in [0, 0.05) is 25.0 Å². The van der Waals surface area contributed by atoms with Crippen molar-refractivity contribution in [2.45, 2.75) is 26.4 Å². The predicted octanol–water partition coefficient (Wildman–Crippen LogP) is 3.15. The Balaban J connectivity index is 1.85. The maximum Gasteiger partial charge on any atom is 0.257 e. The number of nitrogens with one attached hydrogen (secondary N) is 2. The van der Waals surface area contributed by atoms with E-state index in [9.17, 15) is 4.79 Å². The van der Waals surface area contributed by atoms with Crippen LogP contribution in [0.2, 0.25) is 5.02 Å². The summed E-state index contributed by atoms with van der Waals surface area (Å²) in [7, 11) is 0. The van der Waals surface area contributed by atoms with Crippen LogP contribution in [0.25, 0.3) is 0 Å². The lowest BCUT2D eigenvalue weighted by atomic mass is 10.1. The number of aryl methyl sites for hydroxylation is 1. The summed E-state index contributed by atoms with van der Waals surface area (Å²) >= 11 is 5.95. The van der Waals surface area contributed by atoms with Crippen molar-refractivity contribution < 1.29 is 4.79 Å². The molecule has 0 spiro atoms. The van der Waals surface area contributed by atoms with Gasteiger partial charge in [0.1, 0.15) is 0 Å². The molecule has 3 rings (SSSR count). The number of carbonyl (C=O) groups is 1. The lowest BCUT2D eigenvalue weighted by Crippen LogP contribution is -2.15. The van der Waals surface area contributed by atoms with Crippen molar-refractivity contribution in [1.29, 1.82) is 0 Å². The van der Waals surface area contributed by atoms with Crippen LogP contribution in [0.5, 0.6) is 0 Å². The fraction of sp³-hybridized carbons (Fsp3) is 0.250. The molecule has 21 heavy (non-hydrogen) atoms. The first-order chi connectivity index (χ1) is 10.2. The Hall–Kier alpha value is -1.91. The summed E-state index contributed by atoms with van der Waals surface area (Å²) in [6.07, 6.45) is 2.26. The summed E-state index contributed by atoms with van der Waals surface area (Å²) in [5, 5.41) is 6.68. The van der Waals surface area contributed by atoms with Crippen LogP contribution >= 0.6 is 11.6 Å². The van der Waals surface area contributed by atoms with Gasteiger partial charge in [-0.25, -0.2) is 0 Å². The molecule has 1 aromatic heterocycles. The molecule has 0 saturated carbocycles. The SMILES string of the molecule is CCc1ncc(Cl)cc1C(=O)Nc1ccc2c(c1)CNC2. The molecule has 0 radical (unpaired) electrons. The van der Waals surface area contributed by atoms with Crippen molar-refractivity contribution in [2.24, 2.45) is 0 Å². The minimum atomic E-state index is -0.173. The van der Waals surface area contributed by atoms with E-state index in [1.54, 1.807) is 12.3 Å². The second kappa shape index (κ2) is 5.84. The molecule has 5 heteroatoms. The summed E-state index contributed by atoms with van der Waals surface area (Å²) < 4.78 is 0. The van der Waals surface area contributed by atoms with Crippen LogP contribution in [0.3, 0.4) is 0 Å². The van der Waals surface area contributed by atoms with Gasteiger partial charge in [-0.15, -0.1) is 0 Å². The first kappa shape index (κ1) is 14.0. The van der Waals surface area contributed by atoms with Gasteiger partial charge in [-0.05, 0) is 35.7 Å². The predicted molar refractivity (Wildman–Crippen MR) is 83.6 cm³/mol. The molecule has 0 atom stereocenters. The quantitative estimate of drug-likeness (QED) is 0.915. The van der Waals surface area contributed by atoms with E-state index in [4.69, 9.17) is 11.6 Å². The number of hydrogen-bond acceptors (Lipinski definition) is 3. The largest absolute Gasteiger partial charge is 0.322 e. The highest BCUT2D eigenvalue weighted by molar-refractivity contribution is 6.31. The summed E-state index contributed by atoms with van der Waals surface area (Å²) in [4.78, 5) is 16.6. The Labute approximate surface area is 128 Å². The molecule has 2 heterocycles. The Morgan fingerprint density at radius 2 is 2.14 bits per heavy atom. The van der Waals surface area contributed by atoms with Crippen molar-refractivity contribution in [2.75, 3.05) is 5.32 Å². The van der Waals surface area contributed by atoms with E-state index in [0.717, 1.165) is 24.5 Å². The molecule has 1 aromatic carbocycles. The summed E-state index contributed by atoms with van der Waals surface area (Å²) in [5.74, 6) is -0.173. The van der Waals surface area contributed by atoms with Gasteiger partial charge in [0.25, 0.3) is 5.91 Å². The highest BCUT2D eigenvalue weighted by atomic mass is 35.5. The molecule has 1 aliphatic rings. The highest BCUT2D eigenvalue weighted by Crippen LogP contribution is 2.21. The van der Waals surface area contributed by atoms with Gasteiger partial charge in [0.15, 0.2) is 0 Å². The van der Waals surface area contributed by atoms with Gasteiger partial charge < -0.3 is 10.6 Å². The molecule has 2 aromatic rings. The number of pyridine rings is 1. The zero-order chi connectivity index (χ0) is 14.8. The van der Waals surface area contributed by atoms with Gasteiger partial charge in [0.05, 0.1) is 16.3 Å². The number of carbonyl (C=O) groups excluding carboxylic acids is 1. The van der Waals surface area contributed by atoms with Crippen molar-refractivity contribution >= 4 is 23.2 Å². The average molecular weight is 302 g/mol. The third kappa shape index (κ3) is 2.91. The lowest BCUT2D eigenvalue weighted by Gasteiger charge is -2.10. The van der Waals surface area contributed by atoms with E-state index >= 15 is 0 Å². The van der Waals surface area contributed by atoms with Crippen LogP contribution in [-0.4, -0.2) is 10.9 Å². The number of rotatable bonds is 3. The second-order valence-corrected chi connectivity index (χ2v) is 5.48. The van der Waals surface area contributed by atoms with E-state index in [2.05, 4.69) is 15.6 Å². The Morgan fingerprint density at radius 3 is 2.95 bits per heavy atom. The van der Waals surface area contributed by atoms with E-state index in [-0.39, 0.29) is 5.91 Å². The van der Waals surface area contributed by atoms with E-state index in [1.807, 2.05) is 25.1 Å². The van der Waals surface area contributed by atoms with Crippen LogP contribution in [0.4, 0.5) is 5.69 Å². The molecule has 1 amide bonds. The summed E-state index contributed by atoms with van der Waals surface area (Å²) in [6.45, 7) is 3.70. The number of hydrogen-bond donors (Lipinski definition) is 2. The highest BCUT2D eigenvalue weighted by Gasteiger charge is 2.15. The van der Waals surface area contributed by atoms with Gasteiger partial charge in [-0.2, -0.15) is 0 Å². The van der Waals surface area contributed by atoms with Gasteiger partial charge >= 0.3 is 0 Å². The Kier molecular flexibility index (Phi) is 3.90. The summed E-state index contributed by atoms with van der Waals surface area (Å²) in [6, 6.07) is 7.64. The molecule has 0 aliphatic carbocycles. The lowest BCUT2D eigenvalue weighted by molar-refractivity contribution is 0.102. The number of amides is 1. The number of anilines is 1. The smallest absolute Gasteiger partial charge is 0.257 e. The minimum absolute atomic E-state index is 0.173. The van der Waals surface area contributed by atoms with Crippen LogP contribution in [0, 0.1) is 0 Å². The van der Waals surface area contributed by atoms with Gasteiger partial charge in [-0.3, -0.25) is 9.78 Å². The van der Waals surface area contributed by atoms with Crippen molar-refractivity contribution in [1.82, 2.24) is 10.3 Å². The monoisotopic (exact) mass is 301 g/mol. The Morgan fingerprint density at radius 1 is 1.33 bits per heavy atom. The molecule has 2 N–H and O–H groups in total. The number of nitrogens with zero attached hydrogens (tertiary/aromatic N) is 1. The topological polar surface area (TPSA) is 54.0 Å². The molecule has 1 aliphatic heterocycles. The zero-order valence-corrected chi connectivity index (χ0v) is 12.5. The number of benzene rings is 1. The molecule has 0 saturated heterocycles. The molecular formula is C16H16ClN3O. The number of aromatic nitrogens is 1. The average Bonchev–Trinajstić information content (AvgIpc) is 2.94. The van der Waals surface area contributed by atoms with Crippen LogP contribution in [0.15, 0.2) is 30.5 Å². The van der Waals surface area contributed by atoms with E-state index in [0.29, 0.717) is 17.0 Å². The van der Waals surface area contributed by atoms with Gasteiger partial charge in [0.2, 0.25) is 0 Å². The molecule has 0 bridgehead atoms. The molecule has 108 valence electrons. The van der Waals surface area contributed by atoms with Crippen molar-refractivity contribution in [3.63, 3.8) is 0 Å². The maximum absolute atomic E-state index is 12.4. The number of halogens is 1. The second-order valence-electron chi connectivity index (χ2n) is 5.04. The fourth-order valence-electron chi connectivity index (χ4n) is 2.52. The minimum Gasteiger partial charge on any atom is -0.322 e. The molecule has 0 fully saturated rings. The van der Waals surface area contributed by atoms with Crippen molar-refractivity contribution in [3.8, 4) is 0 Å². The van der Waals surface area contributed by atoms with Crippen LogP contribution in [-0.2, 0) is 19.5 Å². The Bertz CT molecular complexity index is 700. The van der Waals surface area contributed by atoms with E-state index < -0.39 is 0 Å². The zero-order valence-electron chi connectivity index (χ0n) is 11.7. The van der Waals surface area contributed by atoms with E-state index in [1.165, 1.54) is 11.1 Å². The number of fused-ring (bicyclic) bond motifs is 1. The first-order valence-corrected chi connectivity index (χ1v) is 7.33. The maximum atomic E-state index is 12.4. The summed E-state index contributed by atoms with van der Waals surface area (Å²) in [5.41, 5.74) is 4.59.